The zero-order valence-corrected chi connectivity index (χ0v) is 12.5. The van der Waals surface area contributed by atoms with Crippen LogP contribution in [0.1, 0.15) is 28.6 Å². The van der Waals surface area contributed by atoms with E-state index in [0.717, 1.165) is 22.3 Å². The first kappa shape index (κ1) is 13.4. The molecule has 1 saturated heterocycles. The summed E-state index contributed by atoms with van der Waals surface area (Å²) < 4.78 is 6.72. The Hall–Kier alpha value is -2.25. The lowest BCUT2D eigenvalue weighted by atomic mass is 10.1. The van der Waals surface area contributed by atoms with Gasteiger partial charge in [0.05, 0.1) is 27.5 Å². The van der Waals surface area contributed by atoms with E-state index >= 15 is 0 Å². The van der Waals surface area contributed by atoms with Gasteiger partial charge in [0.15, 0.2) is 0 Å². The van der Waals surface area contributed by atoms with Crippen molar-refractivity contribution in [2.24, 2.45) is 0 Å². The van der Waals surface area contributed by atoms with Gasteiger partial charge in [-0.05, 0) is 30.0 Å². The van der Waals surface area contributed by atoms with Gasteiger partial charge in [-0.15, -0.1) is 11.3 Å². The van der Waals surface area contributed by atoms with Crippen LogP contribution >= 0.6 is 11.3 Å². The fourth-order valence-corrected chi connectivity index (χ4v) is 3.47. The lowest BCUT2D eigenvalue weighted by Gasteiger charge is -2.18. The summed E-state index contributed by atoms with van der Waals surface area (Å²) in [5.41, 5.74) is 2.38. The first-order valence-electron chi connectivity index (χ1n) is 7.06. The van der Waals surface area contributed by atoms with Crippen LogP contribution in [-0.4, -0.2) is 33.7 Å². The summed E-state index contributed by atoms with van der Waals surface area (Å²) >= 11 is 1.58. The van der Waals surface area contributed by atoms with E-state index in [1.54, 1.807) is 23.7 Å². The van der Waals surface area contributed by atoms with Crippen LogP contribution in [0.2, 0.25) is 0 Å². The third-order valence-corrected chi connectivity index (χ3v) is 4.65. The third kappa shape index (κ3) is 2.38. The zero-order valence-electron chi connectivity index (χ0n) is 11.7. The first-order chi connectivity index (χ1) is 10.8. The average Bonchev–Trinajstić information content (AvgIpc) is 3.27. The fourth-order valence-electron chi connectivity index (χ4n) is 2.69. The number of nitrogens with zero attached hydrogens (tertiary/aromatic N) is 2. The maximum absolute atomic E-state index is 12.5. The zero-order chi connectivity index (χ0) is 14.9. The molecule has 4 heterocycles. The normalized spacial score (nSPS) is 21.3. The summed E-state index contributed by atoms with van der Waals surface area (Å²) in [6.45, 7) is 0.622. The summed E-state index contributed by atoms with van der Waals surface area (Å²) in [4.78, 5) is 16.8. The maximum atomic E-state index is 12.5. The van der Waals surface area contributed by atoms with E-state index in [1.165, 1.54) is 0 Å². The molecular weight excluding hydrogens is 300 g/mol. The number of nitrogens with one attached hydrogen (secondary N) is 2. The van der Waals surface area contributed by atoms with Gasteiger partial charge in [0.1, 0.15) is 6.10 Å². The van der Waals surface area contributed by atoms with Gasteiger partial charge in [0.2, 0.25) is 0 Å². The second-order valence-corrected chi connectivity index (χ2v) is 6.15. The monoisotopic (exact) mass is 314 g/mol. The predicted octanol–water partition coefficient (Wildman–Crippen LogP) is 2.28. The number of hydrogen-bond donors (Lipinski definition) is 2. The Balaban J connectivity index is 1.53. The molecule has 6 nitrogen and oxygen atoms in total. The number of thiophene rings is 1. The van der Waals surface area contributed by atoms with Crippen molar-refractivity contribution in [3.05, 3.63) is 47.2 Å². The van der Waals surface area contributed by atoms with Crippen molar-refractivity contribution in [3.63, 3.8) is 0 Å². The Morgan fingerprint density at radius 3 is 3.27 bits per heavy atom. The van der Waals surface area contributed by atoms with Crippen molar-refractivity contribution in [2.75, 3.05) is 6.61 Å². The van der Waals surface area contributed by atoms with Gasteiger partial charge in [-0.25, -0.2) is 0 Å². The van der Waals surface area contributed by atoms with Gasteiger partial charge in [0, 0.05) is 19.0 Å². The SMILES string of the molecule is O=C(N[C@@H]1CCO[C@H]1c1ccn[nH]1)c1cnc2ccsc2c1. The molecule has 4 rings (SSSR count). The van der Waals surface area contributed by atoms with Gasteiger partial charge < -0.3 is 10.1 Å². The van der Waals surface area contributed by atoms with Gasteiger partial charge in [-0.3, -0.25) is 14.9 Å². The minimum absolute atomic E-state index is 0.0630. The minimum atomic E-state index is -0.176. The Labute approximate surface area is 130 Å². The fraction of sp³-hybridized carbons (Fsp3) is 0.267. The molecule has 3 aromatic heterocycles. The number of aromatic nitrogens is 3. The molecular formula is C15H14N4O2S. The molecule has 0 radical (unpaired) electrons. The number of aromatic amines is 1. The van der Waals surface area contributed by atoms with Gasteiger partial charge in [0.25, 0.3) is 5.91 Å². The minimum Gasteiger partial charge on any atom is -0.370 e. The third-order valence-electron chi connectivity index (χ3n) is 3.80. The first-order valence-corrected chi connectivity index (χ1v) is 7.94. The molecule has 0 aliphatic carbocycles. The molecule has 1 aliphatic heterocycles. The summed E-state index contributed by atoms with van der Waals surface area (Å²) in [6, 6.07) is 5.63. The van der Waals surface area contributed by atoms with Gasteiger partial charge in [-0.1, -0.05) is 0 Å². The van der Waals surface area contributed by atoms with Crippen molar-refractivity contribution in [1.82, 2.24) is 20.5 Å². The number of rotatable bonds is 3. The van der Waals surface area contributed by atoms with Gasteiger partial charge in [-0.2, -0.15) is 5.10 Å². The van der Waals surface area contributed by atoms with Crippen LogP contribution < -0.4 is 5.32 Å². The Morgan fingerprint density at radius 1 is 1.45 bits per heavy atom. The van der Waals surface area contributed by atoms with Crippen LogP contribution in [0.3, 0.4) is 0 Å². The summed E-state index contributed by atoms with van der Waals surface area (Å²) in [6.07, 6.45) is 3.91. The Morgan fingerprint density at radius 2 is 2.41 bits per heavy atom. The molecule has 0 aromatic carbocycles. The van der Waals surface area contributed by atoms with Crippen molar-refractivity contribution >= 4 is 27.5 Å². The molecule has 2 atom stereocenters. The predicted molar refractivity (Wildman–Crippen MR) is 82.8 cm³/mol. The van der Waals surface area contributed by atoms with E-state index in [-0.39, 0.29) is 18.1 Å². The molecule has 112 valence electrons. The lowest BCUT2D eigenvalue weighted by molar-refractivity contribution is 0.0807. The van der Waals surface area contributed by atoms with Crippen LogP contribution in [-0.2, 0) is 4.74 Å². The maximum Gasteiger partial charge on any atom is 0.253 e. The van der Waals surface area contributed by atoms with Crippen LogP contribution in [0, 0.1) is 0 Å². The Bertz CT molecular complexity index is 799. The smallest absolute Gasteiger partial charge is 0.253 e. The van der Waals surface area contributed by atoms with E-state index in [0.29, 0.717) is 12.2 Å². The second-order valence-electron chi connectivity index (χ2n) is 5.20. The number of carbonyl (C=O) groups is 1. The highest BCUT2D eigenvalue weighted by Gasteiger charge is 2.32. The van der Waals surface area contributed by atoms with Crippen LogP contribution in [0.15, 0.2) is 36.0 Å². The van der Waals surface area contributed by atoms with E-state index in [2.05, 4.69) is 20.5 Å². The van der Waals surface area contributed by atoms with E-state index in [1.807, 2.05) is 23.6 Å². The molecule has 1 fully saturated rings. The molecule has 1 aliphatic rings. The van der Waals surface area contributed by atoms with Crippen LogP contribution in [0.4, 0.5) is 0 Å². The molecule has 3 aromatic rings. The second kappa shape index (κ2) is 5.51. The van der Waals surface area contributed by atoms with E-state index < -0.39 is 0 Å². The molecule has 0 unspecified atom stereocenters. The number of fused-ring (bicyclic) bond motifs is 1. The lowest BCUT2D eigenvalue weighted by Crippen LogP contribution is -2.37. The Kier molecular flexibility index (Phi) is 3.36. The molecule has 7 heteroatoms. The van der Waals surface area contributed by atoms with E-state index in [9.17, 15) is 4.79 Å². The van der Waals surface area contributed by atoms with Crippen molar-refractivity contribution in [1.29, 1.82) is 0 Å². The number of H-pyrrole nitrogens is 1. The summed E-state index contributed by atoms with van der Waals surface area (Å²) in [5, 5.41) is 11.9. The van der Waals surface area contributed by atoms with Gasteiger partial charge >= 0.3 is 0 Å². The number of hydrogen-bond acceptors (Lipinski definition) is 5. The van der Waals surface area contributed by atoms with Crippen LogP contribution in [0.25, 0.3) is 10.2 Å². The summed E-state index contributed by atoms with van der Waals surface area (Å²) in [5.74, 6) is -0.122. The highest BCUT2D eigenvalue weighted by atomic mass is 32.1. The highest BCUT2D eigenvalue weighted by molar-refractivity contribution is 7.17. The molecule has 2 N–H and O–H groups in total. The van der Waals surface area contributed by atoms with E-state index in [4.69, 9.17) is 4.74 Å². The quantitative estimate of drug-likeness (QED) is 0.777. The molecule has 0 bridgehead atoms. The molecule has 0 saturated carbocycles. The number of carbonyl (C=O) groups excluding carboxylic acids is 1. The average molecular weight is 314 g/mol. The largest absolute Gasteiger partial charge is 0.370 e. The standard InChI is InChI=1S/C15H14N4O2S/c20-15(9-7-13-10(16-8-9)3-6-22-13)18-11-2-5-21-14(11)12-1-4-17-19-12/h1,3-4,6-8,11,14H,2,5H2,(H,17,19)(H,18,20)/t11-,14-/m1/s1. The van der Waals surface area contributed by atoms with Crippen molar-refractivity contribution in [3.8, 4) is 0 Å². The van der Waals surface area contributed by atoms with Crippen molar-refractivity contribution in [2.45, 2.75) is 18.6 Å². The van der Waals surface area contributed by atoms with Crippen LogP contribution in [0.5, 0.6) is 0 Å². The highest BCUT2D eigenvalue weighted by Crippen LogP contribution is 2.28. The number of ether oxygens (including phenoxy) is 1. The molecule has 0 spiro atoms. The topological polar surface area (TPSA) is 79.9 Å². The molecule has 1 amide bonds. The van der Waals surface area contributed by atoms with Crippen molar-refractivity contribution < 1.29 is 9.53 Å². The molecule has 22 heavy (non-hydrogen) atoms. The number of pyridine rings is 1. The summed E-state index contributed by atoms with van der Waals surface area (Å²) in [7, 11) is 0. The number of amides is 1.